The maximum absolute atomic E-state index is 11.5. The topological polar surface area (TPSA) is 51.5 Å². The lowest BCUT2D eigenvalue weighted by Crippen LogP contribution is -2.19. The molecule has 1 N–H and O–H groups in total. The second kappa shape index (κ2) is 6.39. The van der Waals surface area contributed by atoms with Gasteiger partial charge >= 0.3 is 5.97 Å². The highest BCUT2D eigenvalue weighted by atomic mass is 16.5. The van der Waals surface area contributed by atoms with Gasteiger partial charge in [-0.25, -0.2) is 4.79 Å². The van der Waals surface area contributed by atoms with Gasteiger partial charge in [-0.2, -0.15) is 0 Å². The Morgan fingerprint density at radius 2 is 2.00 bits per heavy atom. The van der Waals surface area contributed by atoms with Gasteiger partial charge in [-0.3, -0.25) is 0 Å². The summed E-state index contributed by atoms with van der Waals surface area (Å²) in [6, 6.07) is 10.3. The molecule has 1 aromatic carbocycles. The van der Waals surface area contributed by atoms with Crippen LogP contribution in [0.15, 0.2) is 41.0 Å². The van der Waals surface area contributed by atoms with Crippen LogP contribution in [-0.2, 0) is 11.3 Å². The lowest BCUT2D eigenvalue weighted by molar-refractivity contribution is 0.0563. The van der Waals surface area contributed by atoms with Gasteiger partial charge in [-0.05, 0) is 25.5 Å². The molecule has 0 amide bonds. The number of aryl methyl sites for hydroxylation is 1. The van der Waals surface area contributed by atoms with Crippen LogP contribution in [-0.4, -0.2) is 13.1 Å². The van der Waals surface area contributed by atoms with Crippen molar-refractivity contribution in [3.8, 4) is 0 Å². The number of carbonyl (C=O) groups excluding carboxylic acids is 1. The summed E-state index contributed by atoms with van der Waals surface area (Å²) in [5, 5.41) is 3.37. The van der Waals surface area contributed by atoms with E-state index >= 15 is 0 Å². The average Bonchev–Trinajstić information content (AvgIpc) is 2.93. The number of hydrogen-bond donors (Lipinski definition) is 1. The Labute approximate surface area is 118 Å². The zero-order valence-electron chi connectivity index (χ0n) is 12.0. The summed E-state index contributed by atoms with van der Waals surface area (Å²) in [6.07, 6.45) is 1.50. The zero-order chi connectivity index (χ0) is 14.5. The fourth-order valence-corrected chi connectivity index (χ4v) is 1.98. The molecule has 1 heterocycles. The van der Waals surface area contributed by atoms with E-state index in [4.69, 9.17) is 4.42 Å². The number of methoxy groups -OCH3 is 1. The molecule has 20 heavy (non-hydrogen) atoms. The normalized spacial score (nSPS) is 12.2. The predicted octanol–water partition coefficient (Wildman–Crippen LogP) is 3.23. The molecule has 4 heteroatoms. The number of hydrogen-bond acceptors (Lipinski definition) is 4. The first-order valence-electron chi connectivity index (χ1n) is 6.56. The molecule has 0 saturated carbocycles. The molecule has 0 bridgehead atoms. The Morgan fingerprint density at radius 3 is 2.65 bits per heavy atom. The first-order valence-corrected chi connectivity index (χ1v) is 6.56. The first kappa shape index (κ1) is 14.3. The second-order valence-electron chi connectivity index (χ2n) is 4.78. The smallest absolute Gasteiger partial charge is 0.374 e. The van der Waals surface area contributed by atoms with E-state index in [0.717, 1.165) is 5.56 Å². The monoisotopic (exact) mass is 273 g/mol. The van der Waals surface area contributed by atoms with Gasteiger partial charge < -0.3 is 14.5 Å². The maximum Gasteiger partial charge on any atom is 0.374 e. The first-order chi connectivity index (χ1) is 9.61. The average molecular weight is 273 g/mol. The van der Waals surface area contributed by atoms with Gasteiger partial charge in [0, 0.05) is 18.2 Å². The van der Waals surface area contributed by atoms with E-state index in [2.05, 4.69) is 48.2 Å². The summed E-state index contributed by atoms with van der Waals surface area (Å²) in [4.78, 5) is 11.5. The van der Waals surface area contributed by atoms with Crippen molar-refractivity contribution in [1.29, 1.82) is 0 Å². The number of rotatable bonds is 5. The van der Waals surface area contributed by atoms with E-state index in [1.165, 1.54) is 24.5 Å². The maximum atomic E-state index is 11.5. The standard InChI is InChI=1S/C16H19NO3/c1-11-4-6-13(7-5-11)12(2)17-10-14-8-9-20-15(14)16(18)19-3/h4-9,12,17H,10H2,1-3H3/t12-/m0/s1. The third kappa shape index (κ3) is 3.27. The number of carbonyl (C=O) groups is 1. The number of benzene rings is 1. The zero-order valence-corrected chi connectivity index (χ0v) is 12.0. The van der Waals surface area contributed by atoms with E-state index in [1.807, 2.05) is 0 Å². The number of furan rings is 1. The van der Waals surface area contributed by atoms with Gasteiger partial charge in [0.25, 0.3) is 0 Å². The molecule has 106 valence electrons. The van der Waals surface area contributed by atoms with E-state index < -0.39 is 5.97 Å². The molecule has 0 aliphatic rings. The molecule has 4 nitrogen and oxygen atoms in total. The molecule has 1 aromatic heterocycles. The minimum atomic E-state index is -0.449. The van der Waals surface area contributed by atoms with E-state index in [-0.39, 0.29) is 11.8 Å². The van der Waals surface area contributed by atoms with E-state index in [0.29, 0.717) is 6.54 Å². The predicted molar refractivity (Wildman–Crippen MR) is 76.5 cm³/mol. The third-order valence-electron chi connectivity index (χ3n) is 3.29. The van der Waals surface area contributed by atoms with Crippen molar-refractivity contribution in [2.24, 2.45) is 0 Å². The summed E-state index contributed by atoms with van der Waals surface area (Å²) in [5.74, 6) is -0.189. The number of esters is 1. The Balaban J connectivity index is 2.00. The summed E-state index contributed by atoms with van der Waals surface area (Å²) in [5.41, 5.74) is 3.25. The molecule has 0 radical (unpaired) electrons. The molecule has 0 fully saturated rings. The lowest BCUT2D eigenvalue weighted by atomic mass is 10.1. The molecule has 1 atom stereocenters. The molecule has 0 saturated heterocycles. The minimum absolute atomic E-state index is 0.191. The van der Waals surface area contributed by atoms with E-state index in [1.54, 1.807) is 6.07 Å². The molecular formula is C16H19NO3. The largest absolute Gasteiger partial charge is 0.463 e. The van der Waals surface area contributed by atoms with Gasteiger partial charge in [-0.1, -0.05) is 29.8 Å². The third-order valence-corrected chi connectivity index (χ3v) is 3.29. The van der Waals surface area contributed by atoms with Crippen molar-refractivity contribution in [1.82, 2.24) is 5.32 Å². The summed E-state index contributed by atoms with van der Waals surface area (Å²) in [7, 11) is 1.34. The summed E-state index contributed by atoms with van der Waals surface area (Å²) in [6.45, 7) is 4.70. The highest BCUT2D eigenvalue weighted by molar-refractivity contribution is 5.87. The van der Waals surface area contributed by atoms with Crippen LogP contribution in [0.4, 0.5) is 0 Å². The van der Waals surface area contributed by atoms with Crippen LogP contribution in [0.5, 0.6) is 0 Å². The van der Waals surface area contributed by atoms with Crippen molar-refractivity contribution in [3.05, 3.63) is 59.0 Å². The summed E-state index contributed by atoms with van der Waals surface area (Å²) < 4.78 is 9.84. The fraction of sp³-hybridized carbons (Fsp3) is 0.312. The minimum Gasteiger partial charge on any atom is -0.463 e. The molecule has 0 unspecified atom stereocenters. The Kier molecular flexibility index (Phi) is 4.58. The van der Waals surface area contributed by atoms with Gasteiger partial charge in [0.1, 0.15) is 0 Å². The van der Waals surface area contributed by atoms with Crippen molar-refractivity contribution in [3.63, 3.8) is 0 Å². The lowest BCUT2D eigenvalue weighted by Gasteiger charge is -2.14. The number of nitrogens with one attached hydrogen (secondary N) is 1. The second-order valence-corrected chi connectivity index (χ2v) is 4.78. The van der Waals surface area contributed by atoms with Crippen LogP contribution in [0.1, 0.15) is 40.2 Å². The van der Waals surface area contributed by atoms with Gasteiger partial charge in [-0.15, -0.1) is 0 Å². The van der Waals surface area contributed by atoms with Gasteiger partial charge in [0.15, 0.2) is 0 Å². The highest BCUT2D eigenvalue weighted by Gasteiger charge is 2.16. The SMILES string of the molecule is COC(=O)c1occc1CN[C@@H](C)c1ccc(C)cc1. The van der Waals surface area contributed by atoms with Crippen LogP contribution in [0.25, 0.3) is 0 Å². The highest BCUT2D eigenvalue weighted by Crippen LogP contribution is 2.16. The summed E-state index contributed by atoms with van der Waals surface area (Å²) >= 11 is 0. The molecule has 0 aliphatic carbocycles. The molecule has 0 spiro atoms. The quantitative estimate of drug-likeness (QED) is 0.850. The molecular weight excluding hydrogens is 254 g/mol. The van der Waals surface area contributed by atoms with Crippen LogP contribution in [0.2, 0.25) is 0 Å². The van der Waals surface area contributed by atoms with Gasteiger partial charge in [0.2, 0.25) is 5.76 Å². The Hall–Kier alpha value is -2.07. The van der Waals surface area contributed by atoms with Crippen molar-refractivity contribution >= 4 is 5.97 Å². The molecule has 0 aliphatic heterocycles. The van der Waals surface area contributed by atoms with Crippen LogP contribution < -0.4 is 5.32 Å². The van der Waals surface area contributed by atoms with Crippen molar-refractivity contribution < 1.29 is 13.9 Å². The van der Waals surface area contributed by atoms with Crippen LogP contribution in [0.3, 0.4) is 0 Å². The van der Waals surface area contributed by atoms with Crippen molar-refractivity contribution in [2.75, 3.05) is 7.11 Å². The molecule has 2 aromatic rings. The van der Waals surface area contributed by atoms with Gasteiger partial charge in [0.05, 0.1) is 13.4 Å². The Morgan fingerprint density at radius 1 is 1.30 bits per heavy atom. The Bertz CT molecular complexity index is 572. The van der Waals surface area contributed by atoms with Crippen molar-refractivity contribution in [2.45, 2.75) is 26.4 Å². The fourth-order valence-electron chi connectivity index (χ4n) is 1.98. The number of ether oxygens (including phenoxy) is 1. The van der Waals surface area contributed by atoms with Crippen LogP contribution in [0, 0.1) is 6.92 Å². The van der Waals surface area contributed by atoms with E-state index in [9.17, 15) is 4.79 Å². The van der Waals surface area contributed by atoms with Crippen LogP contribution >= 0.6 is 0 Å². The molecule has 2 rings (SSSR count).